The number of nitrogens with two attached hydrogens (primary N) is 2. The SMILES string of the molecule is COc1cc(/N=N/c2cccc[n+]2[O-])c(N)cc1N. The summed E-state index contributed by atoms with van der Waals surface area (Å²) in [5.74, 6) is 0.615. The third-order valence-electron chi connectivity index (χ3n) is 2.44. The minimum atomic E-state index is 0.165. The molecule has 0 fully saturated rings. The van der Waals surface area contributed by atoms with Gasteiger partial charge in [-0.2, -0.15) is 0 Å². The second-order valence-electron chi connectivity index (χ2n) is 3.74. The van der Waals surface area contributed by atoms with Crippen molar-refractivity contribution in [2.45, 2.75) is 0 Å². The van der Waals surface area contributed by atoms with Crippen LogP contribution in [0.3, 0.4) is 0 Å². The second-order valence-corrected chi connectivity index (χ2v) is 3.74. The Morgan fingerprint density at radius 2 is 1.95 bits per heavy atom. The topological polar surface area (TPSA) is 113 Å². The van der Waals surface area contributed by atoms with Crippen molar-refractivity contribution < 1.29 is 9.47 Å². The number of ether oxygens (including phenoxy) is 1. The van der Waals surface area contributed by atoms with Gasteiger partial charge in [-0.25, -0.2) is 4.73 Å². The van der Waals surface area contributed by atoms with Crippen LogP contribution in [-0.4, -0.2) is 7.11 Å². The van der Waals surface area contributed by atoms with Gasteiger partial charge in [0.15, 0.2) is 0 Å². The zero-order valence-electron chi connectivity index (χ0n) is 10.3. The highest BCUT2D eigenvalue weighted by Gasteiger charge is 2.08. The minimum absolute atomic E-state index is 0.165. The smallest absolute Gasteiger partial charge is 0.353 e. The summed E-state index contributed by atoms with van der Waals surface area (Å²) < 4.78 is 5.67. The van der Waals surface area contributed by atoms with Gasteiger partial charge in [0, 0.05) is 12.1 Å². The van der Waals surface area contributed by atoms with Crippen molar-refractivity contribution in [3.05, 3.63) is 41.7 Å². The monoisotopic (exact) mass is 259 g/mol. The lowest BCUT2D eigenvalue weighted by Gasteiger charge is -2.06. The maximum Gasteiger partial charge on any atom is 0.353 e. The van der Waals surface area contributed by atoms with Crippen molar-refractivity contribution in [1.82, 2.24) is 0 Å². The summed E-state index contributed by atoms with van der Waals surface area (Å²) in [7, 11) is 1.49. The molecule has 0 aliphatic heterocycles. The molecule has 2 aromatic rings. The standard InChI is InChI=1S/C12H13N5O2/c1-19-11-7-10(8(13)6-9(11)14)15-16-12-4-2-3-5-17(12)18/h2-7H,13-14H2,1H3/b16-15+. The number of azo groups is 1. The molecule has 19 heavy (non-hydrogen) atoms. The van der Waals surface area contributed by atoms with E-state index < -0.39 is 0 Å². The molecule has 0 aliphatic rings. The first kappa shape index (κ1) is 12.6. The van der Waals surface area contributed by atoms with Crippen LogP contribution in [-0.2, 0) is 0 Å². The molecule has 0 amide bonds. The lowest BCUT2D eigenvalue weighted by molar-refractivity contribution is -0.591. The predicted octanol–water partition coefficient (Wildman–Crippen LogP) is 1.91. The van der Waals surface area contributed by atoms with E-state index in [0.29, 0.717) is 27.5 Å². The third-order valence-corrected chi connectivity index (χ3v) is 2.44. The zero-order valence-corrected chi connectivity index (χ0v) is 10.3. The van der Waals surface area contributed by atoms with Gasteiger partial charge in [0.2, 0.25) is 0 Å². The van der Waals surface area contributed by atoms with Crippen molar-refractivity contribution in [2.75, 3.05) is 18.6 Å². The fraction of sp³-hybridized carbons (Fsp3) is 0.0833. The Labute approximate surface area is 109 Å². The summed E-state index contributed by atoms with van der Waals surface area (Å²) in [5.41, 5.74) is 12.6. The molecular formula is C12H13N5O2. The van der Waals surface area contributed by atoms with Gasteiger partial charge in [0.05, 0.1) is 29.8 Å². The van der Waals surface area contributed by atoms with Crippen LogP contribution in [0.1, 0.15) is 0 Å². The van der Waals surface area contributed by atoms with E-state index in [4.69, 9.17) is 16.2 Å². The molecule has 0 aliphatic carbocycles. The Bertz CT molecular complexity index is 628. The molecule has 7 heteroatoms. The van der Waals surface area contributed by atoms with E-state index in [1.165, 1.54) is 19.4 Å². The van der Waals surface area contributed by atoms with Gasteiger partial charge in [-0.1, -0.05) is 6.07 Å². The van der Waals surface area contributed by atoms with Gasteiger partial charge in [-0.3, -0.25) is 0 Å². The summed E-state index contributed by atoms with van der Waals surface area (Å²) in [4.78, 5) is 0. The molecule has 0 spiro atoms. The van der Waals surface area contributed by atoms with Crippen LogP contribution in [0.2, 0.25) is 0 Å². The van der Waals surface area contributed by atoms with E-state index in [1.54, 1.807) is 24.3 Å². The molecular weight excluding hydrogens is 246 g/mol. The maximum atomic E-state index is 11.4. The van der Waals surface area contributed by atoms with Gasteiger partial charge >= 0.3 is 5.82 Å². The lowest BCUT2D eigenvalue weighted by atomic mass is 10.2. The normalized spacial score (nSPS) is 10.8. The first-order valence-electron chi connectivity index (χ1n) is 5.44. The average molecular weight is 259 g/mol. The Morgan fingerprint density at radius 3 is 2.63 bits per heavy atom. The van der Waals surface area contributed by atoms with E-state index in [1.807, 2.05) is 0 Å². The Kier molecular flexibility index (Phi) is 3.46. The number of benzene rings is 1. The molecule has 1 aromatic carbocycles. The van der Waals surface area contributed by atoms with Crippen LogP contribution >= 0.6 is 0 Å². The Morgan fingerprint density at radius 1 is 1.16 bits per heavy atom. The Hall–Kier alpha value is -2.83. The van der Waals surface area contributed by atoms with Crippen molar-refractivity contribution in [2.24, 2.45) is 10.2 Å². The summed E-state index contributed by atoms with van der Waals surface area (Å²) >= 11 is 0. The third kappa shape index (κ3) is 2.71. The van der Waals surface area contributed by atoms with E-state index in [2.05, 4.69) is 10.2 Å². The number of rotatable bonds is 3. The first-order valence-corrected chi connectivity index (χ1v) is 5.44. The highest BCUT2D eigenvalue weighted by atomic mass is 16.5. The zero-order chi connectivity index (χ0) is 13.8. The summed E-state index contributed by atoms with van der Waals surface area (Å²) in [6.45, 7) is 0. The van der Waals surface area contributed by atoms with Crippen LogP contribution in [0.25, 0.3) is 0 Å². The molecule has 2 rings (SSSR count). The molecule has 0 saturated heterocycles. The van der Waals surface area contributed by atoms with Gasteiger partial charge < -0.3 is 21.4 Å². The van der Waals surface area contributed by atoms with Gasteiger partial charge in [0.25, 0.3) is 0 Å². The molecule has 0 radical (unpaired) electrons. The first-order chi connectivity index (χ1) is 9.11. The molecule has 1 heterocycles. The van der Waals surface area contributed by atoms with Gasteiger partial charge in [-0.15, -0.1) is 0 Å². The molecule has 1 aromatic heterocycles. The summed E-state index contributed by atoms with van der Waals surface area (Å²) in [5, 5.41) is 19.2. The highest BCUT2D eigenvalue weighted by molar-refractivity contribution is 5.73. The maximum absolute atomic E-state index is 11.4. The van der Waals surface area contributed by atoms with Crippen molar-refractivity contribution in [3.8, 4) is 5.75 Å². The number of nitrogens with zero attached hydrogens (tertiary/aromatic N) is 3. The van der Waals surface area contributed by atoms with Crippen LogP contribution in [0.4, 0.5) is 22.9 Å². The van der Waals surface area contributed by atoms with Crippen LogP contribution in [0.15, 0.2) is 46.8 Å². The summed E-state index contributed by atoms with van der Waals surface area (Å²) in [6, 6.07) is 7.93. The fourth-order valence-corrected chi connectivity index (χ4v) is 1.47. The summed E-state index contributed by atoms with van der Waals surface area (Å²) in [6.07, 6.45) is 1.33. The van der Waals surface area contributed by atoms with E-state index in [-0.39, 0.29) is 5.82 Å². The largest absolute Gasteiger partial charge is 0.710 e. The number of methoxy groups -OCH3 is 1. The predicted molar refractivity (Wildman–Crippen MR) is 71.4 cm³/mol. The van der Waals surface area contributed by atoms with Crippen molar-refractivity contribution in [3.63, 3.8) is 0 Å². The van der Waals surface area contributed by atoms with Crippen LogP contribution in [0.5, 0.6) is 5.75 Å². The lowest BCUT2D eigenvalue weighted by Crippen LogP contribution is -2.24. The average Bonchev–Trinajstić information content (AvgIpc) is 2.39. The number of nitrogen functional groups attached to an aromatic ring is 2. The second kappa shape index (κ2) is 5.21. The number of aromatic nitrogens is 1. The number of pyridine rings is 1. The molecule has 7 nitrogen and oxygen atoms in total. The van der Waals surface area contributed by atoms with Gasteiger partial charge in [-0.05, 0) is 17.2 Å². The molecule has 0 unspecified atom stereocenters. The molecule has 0 bridgehead atoms. The van der Waals surface area contributed by atoms with Crippen LogP contribution < -0.4 is 20.9 Å². The van der Waals surface area contributed by atoms with Crippen molar-refractivity contribution >= 4 is 22.9 Å². The molecule has 98 valence electrons. The van der Waals surface area contributed by atoms with Gasteiger partial charge in [0.1, 0.15) is 11.4 Å². The molecule has 0 saturated carbocycles. The minimum Gasteiger partial charge on any atom is -0.710 e. The van der Waals surface area contributed by atoms with Crippen LogP contribution in [0, 0.1) is 5.21 Å². The molecule has 4 N–H and O–H groups in total. The van der Waals surface area contributed by atoms with E-state index in [9.17, 15) is 5.21 Å². The Balaban J connectivity index is 2.36. The van der Waals surface area contributed by atoms with E-state index >= 15 is 0 Å². The number of hydrogen-bond acceptors (Lipinski definition) is 6. The highest BCUT2D eigenvalue weighted by Crippen LogP contribution is 2.33. The number of hydrogen-bond donors (Lipinski definition) is 2. The number of anilines is 2. The quantitative estimate of drug-likeness (QED) is 0.379. The molecule has 0 atom stereocenters. The van der Waals surface area contributed by atoms with E-state index in [0.717, 1.165) is 0 Å². The van der Waals surface area contributed by atoms with Crippen molar-refractivity contribution in [1.29, 1.82) is 0 Å². The fourth-order valence-electron chi connectivity index (χ4n) is 1.47.